The van der Waals surface area contributed by atoms with Crippen LogP contribution < -0.4 is 11.3 Å². The number of nitrogen functional groups attached to an aromatic ring is 1. The average Bonchev–Trinajstić information content (AvgIpc) is 2.46. The number of nitrogens with one attached hydrogen (secondary N) is 1. The summed E-state index contributed by atoms with van der Waals surface area (Å²) in [5, 5.41) is 0. The van der Waals surface area contributed by atoms with Crippen LogP contribution in [0.15, 0.2) is 18.2 Å². The third kappa shape index (κ3) is 5.79. The van der Waals surface area contributed by atoms with Crippen molar-refractivity contribution < 1.29 is 9.18 Å². The van der Waals surface area contributed by atoms with Crippen molar-refractivity contribution in [2.24, 2.45) is 5.84 Å². The van der Waals surface area contributed by atoms with Gasteiger partial charge in [-0.3, -0.25) is 15.1 Å². The number of benzene rings is 1. The molecule has 1 rings (SSSR count). The zero-order valence-electron chi connectivity index (χ0n) is 13.0. The summed E-state index contributed by atoms with van der Waals surface area (Å²) in [6, 6.07) is 4.32. The molecule has 0 saturated heterocycles. The number of nitrogens with zero attached hydrogens (tertiary/aromatic N) is 2. The Morgan fingerprint density at radius 2 is 2.00 bits per heavy atom. The van der Waals surface area contributed by atoms with Gasteiger partial charge >= 0.3 is 0 Å². The molecule has 1 aromatic carbocycles. The molecule has 0 saturated carbocycles. The van der Waals surface area contributed by atoms with Gasteiger partial charge in [0.1, 0.15) is 5.82 Å². The lowest BCUT2D eigenvalue weighted by Gasteiger charge is -2.24. The summed E-state index contributed by atoms with van der Waals surface area (Å²) in [6.45, 7) is 5.23. The second-order valence-electron chi connectivity index (χ2n) is 5.36. The first-order valence-electron chi connectivity index (χ1n) is 7.14. The molecule has 0 unspecified atom stereocenters. The van der Waals surface area contributed by atoms with Gasteiger partial charge in [0.15, 0.2) is 0 Å². The fraction of sp³-hybridized carbons (Fsp3) is 0.533. The molecule has 5 nitrogen and oxygen atoms in total. The van der Waals surface area contributed by atoms with Crippen molar-refractivity contribution in [1.29, 1.82) is 0 Å². The molecule has 6 heteroatoms. The highest BCUT2D eigenvalue weighted by Gasteiger charge is 2.12. The van der Waals surface area contributed by atoms with Crippen LogP contribution in [-0.2, 0) is 6.54 Å². The quantitative estimate of drug-likeness (QED) is 0.430. The number of hydrogen-bond donors (Lipinski definition) is 2. The highest BCUT2D eigenvalue weighted by molar-refractivity contribution is 5.93. The van der Waals surface area contributed by atoms with E-state index in [-0.39, 0.29) is 5.82 Å². The second-order valence-corrected chi connectivity index (χ2v) is 5.36. The average molecular weight is 296 g/mol. The highest BCUT2D eigenvalue weighted by atomic mass is 19.1. The van der Waals surface area contributed by atoms with Crippen molar-refractivity contribution in [2.45, 2.75) is 19.9 Å². The molecular formula is C15H25FN4O. The minimum absolute atomic E-state index is 0.297. The minimum atomic E-state index is -0.411. The first-order valence-corrected chi connectivity index (χ1v) is 7.14. The van der Waals surface area contributed by atoms with Gasteiger partial charge in [0.25, 0.3) is 5.91 Å². The predicted octanol–water partition coefficient (Wildman–Crippen LogP) is 1.20. The van der Waals surface area contributed by atoms with Crippen molar-refractivity contribution in [3.05, 3.63) is 35.1 Å². The van der Waals surface area contributed by atoms with Crippen LogP contribution in [0.1, 0.15) is 29.3 Å². The van der Waals surface area contributed by atoms with Gasteiger partial charge in [-0.1, -0.05) is 6.92 Å². The fourth-order valence-electron chi connectivity index (χ4n) is 2.09. The molecule has 21 heavy (non-hydrogen) atoms. The largest absolute Gasteiger partial charge is 0.308 e. The summed E-state index contributed by atoms with van der Waals surface area (Å²) >= 11 is 0. The summed E-state index contributed by atoms with van der Waals surface area (Å²) in [7, 11) is 4.02. The normalized spacial score (nSPS) is 11.2. The first-order chi connectivity index (χ1) is 9.97. The predicted molar refractivity (Wildman–Crippen MR) is 82.2 cm³/mol. The number of hydrogen-bond acceptors (Lipinski definition) is 4. The van der Waals surface area contributed by atoms with E-state index in [9.17, 15) is 9.18 Å². The Bertz CT molecular complexity index is 465. The van der Waals surface area contributed by atoms with Crippen molar-refractivity contribution >= 4 is 5.91 Å². The number of nitrogens with two attached hydrogens (primary N) is 1. The van der Waals surface area contributed by atoms with Crippen molar-refractivity contribution in [1.82, 2.24) is 15.2 Å². The molecule has 0 bridgehead atoms. The summed E-state index contributed by atoms with van der Waals surface area (Å²) in [5.74, 6) is 4.41. The zero-order valence-corrected chi connectivity index (χ0v) is 13.0. The summed E-state index contributed by atoms with van der Waals surface area (Å²) in [5.41, 5.74) is 2.95. The minimum Gasteiger partial charge on any atom is -0.308 e. The zero-order chi connectivity index (χ0) is 15.8. The van der Waals surface area contributed by atoms with Crippen LogP contribution in [0.25, 0.3) is 0 Å². The summed E-state index contributed by atoms with van der Waals surface area (Å²) in [6.07, 6.45) is 0.998. The summed E-state index contributed by atoms with van der Waals surface area (Å²) < 4.78 is 13.9. The van der Waals surface area contributed by atoms with Crippen LogP contribution in [0.5, 0.6) is 0 Å². The van der Waals surface area contributed by atoms with Gasteiger partial charge < -0.3 is 4.90 Å². The molecule has 0 radical (unpaired) electrons. The van der Waals surface area contributed by atoms with E-state index in [2.05, 4.69) is 22.1 Å². The number of carbonyl (C=O) groups is 1. The third-order valence-electron chi connectivity index (χ3n) is 3.24. The third-order valence-corrected chi connectivity index (χ3v) is 3.24. The maximum absolute atomic E-state index is 13.9. The van der Waals surface area contributed by atoms with Gasteiger partial charge in [-0.15, -0.1) is 0 Å². The molecule has 0 fully saturated rings. The van der Waals surface area contributed by atoms with E-state index < -0.39 is 5.91 Å². The van der Waals surface area contributed by atoms with Crippen LogP contribution in [0.3, 0.4) is 0 Å². The van der Waals surface area contributed by atoms with Gasteiger partial charge in [0, 0.05) is 30.8 Å². The Balaban J connectivity index is 2.83. The van der Waals surface area contributed by atoms with E-state index in [0.29, 0.717) is 17.7 Å². The Labute approximate surface area is 125 Å². The standard InChI is InChI=1S/C15H25FN4O/c1-4-7-20(9-8-19(2)3)11-13-10-12(15(21)18-17)5-6-14(13)16/h5-6,10H,4,7-9,11,17H2,1-3H3,(H,18,21). The van der Waals surface area contributed by atoms with Gasteiger partial charge in [-0.25, -0.2) is 10.2 Å². The maximum atomic E-state index is 13.9. The van der Waals surface area contributed by atoms with Crippen molar-refractivity contribution in [3.8, 4) is 0 Å². The Hall–Kier alpha value is -1.50. The Kier molecular flexibility index (Phi) is 7.28. The van der Waals surface area contributed by atoms with E-state index in [0.717, 1.165) is 26.1 Å². The molecular weight excluding hydrogens is 271 g/mol. The number of rotatable bonds is 8. The molecule has 0 aliphatic heterocycles. The maximum Gasteiger partial charge on any atom is 0.265 e. The van der Waals surface area contributed by atoms with Gasteiger partial charge in [0.05, 0.1) is 0 Å². The van der Waals surface area contributed by atoms with E-state index in [1.807, 2.05) is 14.1 Å². The van der Waals surface area contributed by atoms with Gasteiger partial charge in [-0.05, 0) is 45.3 Å². The Morgan fingerprint density at radius 1 is 1.29 bits per heavy atom. The molecule has 118 valence electrons. The van der Waals surface area contributed by atoms with E-state index in [1.165, 1.54) is 12.1 Å². The molecule has 0 aromatic heterocycles. The lowest BCUT2D eigenvalue weighted by Crippen LogP contribution is -2.33. The van der Waals surface area contributed by atoms with Crippen LogP contribution in [0.2, 0.25) is 0 Å². The Morgan fingerprint density at radius 3 is 2.57 bits per heavy atom. The molecule has 1 aromatic rings. The molecule has 0 spiro atoms. The van der Waals surface area contributed by atoms with Crippen LogP contribution >= 0.6 is 0 Å². The lowest BCUT2D eigenvalue weighted by atomic mass is 10.1. The van der Waals surface area contributed by atoms with Crippen molar-refractivity contribution in [3.63, 3.8) is 0 Å². The number of amides is 1. The monoisotopic (exact) mass is 296 g/mol. The topological polar surface area (TPSA) is 61.6 Å². The number of likely N-dealkylation sites (N-methyl/N-ethyl adjacent to an activating group) is 1. The molecule has 0 aliphatic carbocycles. The van der Waals surface area contributed by atoms with E-state index in [1.54, 1.807) is 6.07 Å². The van der Waals surface area contributed by atoms with Crippen LogP contribution in [0, 0.1) is 5.82 Å². The first kappa shape index (κ1) is 17.6. The highest BCUT2D eigenvalue weighted by Crippen LogP contribution is 2.13. The molecule has 0 aliphatic rings. The van der Waals surface area contributed by atoms with E-state index in [4.69, 9.17) is 5.84 Å². The SMILES string of the molecule is CCCN(CCN(C)C)Cc1cc(C(=O)NN)ccc1F. The fourth-order valence-corrected chi connectivity index (χ4v) is 2.09. The number of hydrazine groups is 1. The van der Waals surface area contributed by atoms with E-state index >= 15 is 0 Å². The molecule has 0 heterocycles. The van der Waals surface area contributed by atoms with Crippen LogP contribution in [0.4, 0.5) is 4.39 Å². The smallest absolute Gasteiger partial charge is 0.265 e. The lowest BCUT2D eigenvalue weighted by molar-refractivity contribution is 0.0953. The molecule has 0 atom stereocenters. The molecule has 3 N–H and O–H groups in total. The van der Waals surface area contributed by atoms with Gasteiger partial charge in [0.2, 0.25) is 0 Å². The number of halogens is 1. The van der Waals surface area contributed by atoms with Crippen LogP contribution in [-0.4, -0.2) is 49.4 Å². The number of carbonyl (C=O) groups excluding carboxylic acids is 1. The van der Waals surface area contributed by atoms with Crippen molar-refractivity contribution in [2.75, 3.05) is 33.7 Å². The molecule has 1 amide bonds. The second kappa shape index (κ2) is 8.71. The van der Waals surface area contributed by atoms with Gasteiger partial charge in [-0.2, -0.15) is 0 Å². The summed E-state index contributed by atoms with van der Waals surface area (Å²) in [4.78, 5) is 15.8.